The van der Waals surface area contributed by atoms with Crippen molar-refractivity contribution in [3.8, 4) is 0 Å². The molecule has 0 unspecified atom stereocenters. The first-order chi connectivity index (χ1) is 8.60. The van der Waals surface area contributed by atoms with E-state index in [1.807, 2.05) is 39.1 Å². The molecule has 0 saturated carbocycles. The van der Waals surface area contributed by atoms with Crippen molar-refractivity contribution in [3.05, 3.63) is 29.3 Å². The molecular formula is C14H22N2O2. The first kappa shape index (κ1) is 14.5. The molecule has 0 fully saturated rings. The molecule has 1 aromatic carbocycles. The molecule has 0 spiro atoms. The summed E-state index contributed by atoms with van der Waals surface area (Å²) in [5.74, 6) is 0.0130. The van der Waals surface area contributed by atoms with Crippen LogP contribution in [0.2, 0.25) is 0 Å². The number of nitrogens with zero attached hydrogens (tertiary/aromatic N) is 1. The Morgan fingerprint density at radius 2 is 2.17 bits per heavy atom. The van der Waals surface area contributed by atoms with Gasteiger partial charge in [0.25, 0.3) is 5.91 Å². The van der Waals surface area contributed by atoms with Crippen LogP contribution in [0.3, 0.4) is 0 Å². The number of ether oxygens (including phenoxy) is 1. The third-order valence-electron chi connectivity index (χ3n) is 2.80. The zero-order valence-corrected chi connectivity index (χ0v) is 11.6. The number of anilines is 1. The summed E-state index contributed by atoms with van der Waals surface area (Å²) < 4.78 is 5.26. The molecule has 0 aliphatic rings. The molecule has 1 N–H and O–H groups in total. The molecule has 0 saturated heterocycles. The van der Waals surface area contributed by atoms with Crippen LogP contribution in [-0.2, 0) is 4.74 Å². The van der Waals surface area contributed by atoms with E-state index < -0.39 is 0 Å². The molecule has 0 bridgehead atoms. The van der Waals surface area contributed by atoms with Crippen molar-refractivity contribution in [1.82, 2.24) is 4.90 Å². The highest BCUT2D eigenvalue weighted by molar-refractivity contribution is 5.99. The lowest BCUT2D eigenvalue weighted by molar-refractivity contribution is 0.0711. The van der Waals surface area contributed by atoms with Crippen molar-refractivity contribution in [2.45, 2.75) is 13.8 Å². The van der Waals surface area contributed by atoms with Gasteiger partial charge in [-0.15, -0.1) is 0 Å². The quantitative estimate of drug-likeness (QED) is 0.787. The van der Waals surface area contributed by atoms with Crippen LogP contribution in [0.15, 0.2) is 18.2 Å². The number of hydrogen-bond acceptors (Lipinski definition) is 3. The summed E-state index contributed by atoms with van der Waals surface area (Å²) in [7, 11) is 3.62. The third-order valence-corrected chi connectivity index (χ3v) is 2.80. The summed E-state index contributed by atoms with van der Waals surface area (Å²) in [5.41, 5.74) is 2.69. The van der Waals surface area contributed by atoms with Gasteiger partial charge in [0, 0.05) is 32.9 Å². The minimum Gasteiger partial charge on any atom is -0.387 e. The summed E-state index contributed by atoms with van der Waals surface area (Å²) >= 11 is 0. The van der Waals surface area contributed by atoms with Gasteiger partial charge in [0.15, 0.2) is 0 Å². The molecule has 1 aromatic rings. The van der Waals surface area contributed by atoms with Gasteiger partial charge < -0.3 is 15.0 Å². The monoisotopic (exact) mass is 250 g/mol. The van der Waals surface area contributed by atoms with Gasteiger partial charge in [-0.2, -0.15) is 0 Å². The predicted molar refractivity (Wildman–Crippen MR) is 74.2 cm³/mol. The first-order valence-corrected chi connectivity index (χ1v) is 6.21. The van der Waals surface area contributed by atoms with E-state index in [1.54, 1.807) is 11.9 Å². The van der Waals surface area contributed by atoms with Gasteiger partial charge >= 0.3 is 0 Å². The number of carbonyl (C=O) groups excluding carboxylic acids is 1. The van der Waals surface area contributed by atoms with Gasteiger partial charge in [0.1, 0.15) is 0 Å². The molecule has 4 heteroatoms. The molecule has 1 amide bonds. The van der Waals surface area contributed by atoms with Gasteiger partial charge in [-0.05, 0) is 31.5 Å². The van der Waals surface area contributed by atoms with Crippen molar-refractivity contribution >= 4 is 11.6 Å². The summed E-state index contributed by atoms with van der Waals surface area (Å²) in [6.45, 7) is 5.80. The van der Waals surface area contributed by atoms with Gasteiger partial charge in [-0.1, -0.05) is 6.07 Å². The van der Waals surface area contributed by atoms with Crippen LogP contribution in [0.4, 0.5) is 5.69 Å². The fourth-order valence-corrected chi connectivity index (χ4v) is 1.70. The number of hydrogen-bond donors (Lipinski definition) is 1. The zero-order chi connectivity index (χ0) is 13.5. The first-order valence-electron chi connectivity index (χ1n) is 6.21. The van der Waals surface area contributed by atoms with E-state index in [-0.39, 0.29) is 5.91 Å². The van der Waals surface area contributed by atoms with E-state index in [4.69, 9.17) is 4.74 Å². The second-order valence-corrected chi connectivity index (χ2v) is 4.22. The van der Waals surface area contributed by atoms with E-state index in [0.717, 1.165) is 11.3 Å². The Morgan fingerprint density at radius 1 is 1.44 bits per heavy atom. The second kappa shape index (κ2) is 7.01. The predicted octanol–water partition coefficient (Wildman–Crippen LogP) is 2.15. The van der Waals surface area contributed by atoms with E-state index in [9.17, 15) is 4.79 Å². The van der Waals surface area contributed by atoms with Crippen LogP contribution in [-0.4, -0.2) is 44.7 Å². The summed E-state index contributed by atoms with van der Waals surface area (Å²) in [5, 5.41) is 3.06. The lowest BCUT2D eigenvalue weighted by atomic mass is 10.1. The Morgan fingerprint density at radius 3 is 2.78 bits per heavy atom. The van der Waals surface area contributed by atoms with E-state index in [1.165, 1.54) is 0 Å². The normalized spacial score (nSPS) is 10.2. The molecule has 0 atom stereocenters. The largest absolute Gasteiger partial charge is 0.387 e. The van der Waals surface area contributed by atoms with E-state index in [0.29, 0.717) is 25.3 Å². The molecule has 4 nitrogen and oxygen atoms in total. The Balaban J connectivity index is 2.76. The number of aryl methyl sites for hydroxylation is 1. The maximum absolute atomic E-state index is 12.3. The average Bonchev–Trinajstić information content (AvgIpc) is 2.37. The van der Waals surface area contributed by atoms with Gasteiger partial charge in [-0.25, -0.2) is 0 Å². The Hall–Kier alpha value is -1.55. The minimum absolute atomic E-state index is 0.0130. The molecule has 0 aliphatic carbocycles. The maximum atomic E-state index is 12.3. The van der Waals surface area contributed by atoms with Gasteiger partial charge in [0.2, 0.25) is 0 Å². The summed E-state index contributed by atoms with van der Waals surface area (Å²) in [6, 6.07) is 5.79. The van der Waals surface area contributed by atoms with Crippen LogP contribution in [0, 0.1) is 6.92 Å². The topological polar surface area (TPSA) is 41.6 Å². The number of carbonyl (C=O) groups is 1. The molecule has 1 rings (SSSR count). The fourth-order valence-electron chi connectivity index (χ4n) is 1.70. The van der Waals surface area contributed by atoms with Crippen LogP contribution in [0.1, 0.15) is 22.8 Å². The Bertz CT molecular complexity index is 405. The minimum atomic E-state index is 0.0130. The standard InChI is InChI=1S/C14H22N2O2/c1-5-18-9-8-16(4)14(17)12-7-6-11(2)10-13(12)15-3/h6-7,10,15H,5,8-9H2,1-4H3. The lowest BCUT2D eigenvalue weighted by Gasteiger charge is -2.19. The molecule has 0 aromatic heterocycles. The van der Waals surface area contributed by atoms with Crippen LogP contribution < -0.4 is 5.32 Å². The Kier molecular flexibility index (Phi) is 5.65. The number of amides is 1. The molecule has 18 heavy (non-hydrogen) atoms. The summed E-state index contributed by atoms with van der Waals surface area (Å²) in [4.78, 5) is 13.9. The smallest absolute Gasteiger partial charge is 0.255 e. The van der Waals surface area contributed by atoms with Crippen molar-refractivity contribution in [3.63, 3.8) is 0 Å². The molecular weight excluding hydrogens is 228 g/mol. The van der Waals surface area contributed by atoms with Crippen LogP contribution >= 0.6 is 0 Å². The third kappa shape index (κ3) is 3.74. The molecule has 0 aliphatic heterocycles. The highest BCUT2D eigenvalue weighted by atomic mass is 16.5. The van der Waals surface area contributed by atoms with E-state index >= 15 is 0 Å². The molecule has 0 radical (unpaired) electrons. The number of benzene rings is 1. The SMILES string of the molecule is CCOCCN(C)C(=O)c1ccc(C)cc1NC. The van der Waals surface area contributed by atoms with Crippen molar-refractivity contribution in [1.29, 1.82) is 0 Å². The zero-order valence-electron chi connectivity index (χ0n) is 11.6. The van der Waals surface area contributed by atoms with Crippen LogP contribution in [0.5, 0.6) is 0 Å². The van der Waals surface area contributed by atoms with Crippen molar-refractivity contribution in [2.24, 2.45) is 0 Å². The second-order valence-electron chi connectivity index (χ2n) is 4.22. The van der Waals surface area contributed by atoms with Gasteiger partial charge in [-0.3, -0.25) is 4.79 Å². The van der Waals surface area contributed by atoms with Gasteiger partial charge in [0.05, 0.1) is 12.2 Å². The molecule has 100 valence electrons. The number of nitrogens with one attached hydrogen (secondary N) is 1. The average molecular weight is 250 g/mol. The highest BCUT2D eigenvalue weighted by Gasteiger charge is 2.15. The number of rotatable bonds is 6. The summed E-state index contributed by atoms with van der Waals surface area (Å²) in [6.07, 6.45) is 0. The van der Waals surface area contributed by atoms with Crippen molar-refractivity contribution in [2.75, 3.05) is 39.2 Å². The Labute approximate surface area is 109 Å². The maximum Gasteiger partial charge on any atom is 0.255 e. The lowest BCUT2D eigenvalue weighted by Crippen LogP contribution is -2.30. The highest BCUT2D eigenvalue weighted by Crippen LogP contribution is 2.18. The van der Waals surface area contributed by atoms with E-state index in [2.05, 4.69) is 5.32 Å². The fraction of sp³-hybridized carbons (Fsp3) is 0.500. The number of likely N-dealkylation sites (N-methyl/N-ethyl adjacent to an activating group) is 1. The van der Waals surface area contributed by atoms with Crippen LogP contribution in [0.25, 0.3) is 0 Å². The van der Waals surface area contributed by atoms with Crippen molar-refractivity contribution < 1.29 is 9.53 Å². The molecule has 0 heterocycles.